The second kappa shape index (κ2) is 68.1. The molecule has 0 aliphatic heterocycles. The number of hydrogen-bond acceptors (Lipinski definition) is 6. The molecule has 0 bridgehead atoms. The highest BCUT2D eigenvalue weighted by molar-refractivity contribution is 5.71. The van der Waals surface area contributed by atoms with Gasteiger partial charge in [0.25, 0.3) is 0 Å². The van der Waals surface area contributed by atoms with Gasteiger partial charge in [-0.05, 0) is 135 Å². The lowest BCUT2D eigenvalue weighted by molar-refractivity contribution is -0.167. The molecular weight excluding hydrogens is 997 g/mol. The zero-order valence-corrected chi connectivity index (χ0v) is 52.8. The van der Waals surface area contributed by atoms with Crippen molar-refractivity contribution in [2.45, 2.75) is 309 Å². The van der Waals surface area contributed by atoms with Gasteiger partial charge in [0.2, 0.25) is 0 Å². The number of rotatable bonds is 60. The minimum atomic E-state index is -0.799. The van der Waals surface area contributed by atoms with Crippen LogP contribution in [0.3, 0.4) is 0 Å². The number of ether oxygens (including phenoxy) is 3. The van der Waals surface area contributed by atoms with Gasteiger partial charge in [0.15, 0.2) is 6.10 Å². The molecule has 81 heavy (non-hydrogen) atoms. The van der Waals surface area contributed by atoms with E-state index < -0.39 is 6.10 Å². The van der Waals surface area contributed by atoms with Crippen LogP contribution in [0.5, 0.6) is 0 Å². The second-order valence-corrected chi connectivity index (χ2v) is 22.0. The Balaban J connectivity index is 4.46. The van der Waals surface area contributed by atoms with Crippen LogP contribution in [0.25, 0.3) is 0 Å². The third-order valence-electron chi connectivity index (χ3n) is 14.1. The van der Waals surface area contributed by atoms with E-state index in [4.69, 9.17) is 14.2 Å². The molecule has 0 aliphatic carbocycles. The van der Waals surface area contributed by atoms with Crippen molar-refractivity contribution in [3.05, 3.63) is 134 Å². The molecule has 0 aromatic heterocycles. The number of allylic oxidation sites excluding steroid dienone is 22. The summed E-state index contributed by atoms with van der Waals surface area (Å²) in [5, 5.41) is 0. The normalized spacial score (nSPS) is 13.0. The summed E-state index contributed by atoms with van der Waals surface area (Å²) < 4.78 is 17.0. The Bertz CT molecular complexity index is 1720. The van der Waals surface area contributed by atoms with Crippen LogP contribution in [0.1, 0.15) is 303 Å². The minimum Gasteiger partial charge on any atom is -0.462 e. The number of esters is 3. The fourth-order valence-corrected chi connectivity index (χ4v) is 9.14. The molecule has 1 unspecified atom stereocenters. The van der Waals surface area contributed by atoms with Crippen molar-refractivity contribution in [3.63, 3.8) is 0 Å². The molecule has 6 heteroatoms. The summed E-state index contributed by atoms with van der Waals surface area (Å²) in [6.07, 6.45) is 95.9. The van der Waals surface area contributed by atoms with E-state index in [2.05, 4.69) is 154 Å². The predicted molar refractivity (Wildman–Crippen MR) is 353 cm³/mol. The van der Waals surface area contributed by atoms with Crippen molar-refractivity contribution in [1.82, 2.24) is 0 Å². The zero-order valence-electron chi connectivity index (χ0n) is 52.8. The maximum Gasteiger partial charge on any atom is 0.306 e. The Labute approximate surface area is 500 Å². The molecule has 0 rings (SSSR count). The minimum absolute atomic E-state index is 0.0937. The summed E-state index contributed by atoms with van der Waals surface area (Å²) in [6, 6.07) is 0. The Hall–Kier alpha value is -4.45. The molecule has 0 radical (unpaired) electrons. The van der Waals surface area contributed by atoms with E-state index >= 15 is 0 Å². The van der Waals surface area contributed by atoms with E-state index in [-0.39, 0.29) is 31.1 Å². The number of carbonyl (C=O) groups is 3. The summed E-state index contributed by atoms with van der Waals surface area (Å²) in [4.78, 5) is 38.5. The van der Waals surface area contributed by atoms with Gasteiger partial charge < -0.3 is 14.2 Å². The highest BCUT2D eigenvalue weighted by Gasteiger charge is 2.19. The first-order valence-electron chi connectivity index (χ1n) is 33.7. The third kappa shape index (κ3) is 66.2. The third-order valence-corrected chi connectivity index (χ3v) is 14.1. The lowest BCUT2D eigenvalue weighted by atomic mass is 10.1. The van der Waals surface area contributed by atoms with Gasteiger partial charge in [-0.3, -0.25) is 14.4 Å². The van der Waals surface area contributed by atoms with Gasteiger partial charge in [0.05, 0.1) is 0 Å². The smallest absolute Gasteiger partial charge is 0.306 e. The van der Waals surface area contributed by atoms with Crippen LogP contribution < -0.4 is 0 Å². The quantitative estimate of drug-likeness (QED) is 0.0261. The molecule has 0 aromatic carbocycles. The molecule has 0 aliphatic rings. The van der Waals surface area contributed by atoms with Gasteiger partial charge >= 0.3 is 17.9 Å². The number of carbonyl (C=O) groups excluding carboxylic acids is 3. The van der Waals surface area contributed by atoms with E-state index in [1.165, 1.54) is 122 Å². The van der Waals surface area contributed by atoms with Crippen molar-refractivity contribution in [2.75, 3.05) is 13.2 Å². The molecule has 0 spiro atoms. The topological polar surface area (TPSA) is 78.9 Å². The van der Waals surface area contributed by atoms with Crippen molar-refractivity contribution in [1.29, 1.82) is 0 Å². The van der Waals surface area contributed by atoms with Crippen molar-refractivity contribution >= 4 is 17.9 Å². The van der Waals surface area contributed by atoms with Crippen LogP contribution in [0.4, 0.5) is 0 Å². The van der Waals surface area contributed by atoms with Crippen molar-refractivity contribution in [2.24, 2.45) is 0 Å². The van der Waals surface area contributed by atoms with E-state index in [1.54, 1.807) is 0 Å². The maximum absolute atomic E-state index is 13.0. The first-order chi connectivity index (χ1) is 40.0. The fourth-order valence-electron chi connectivity index (χ4n) is 9.14. The van der Waals surface area contributed by atoms with Crippen LogP contribution in [0.2, 0.25) is 0 Å². The molecule has 0 N–H and O–H groups in total. The van der Waals surface area contributed by atoms with Crippen LogP contribution in [0, 0.1) is 0 Å². The standard InChI is InChI=1S/C75H124O6/c1-4-7-10-13-16-19-22-25-28-31-34-36-37-39-41-44-47-50-53-56-59-62-65-68-74(77)80-71-72(70-79-73(76)67-64-61-58-55-52-49-46-43-40-33-30-27-24-21-18-15-12-9-6-3)81-75(78)69-66-63-60-57-54-51-48-45-42-38-35-32-29-26-23-20-17-14-11-8-5-2/h7,9-10,12,16,18-19,21,23,25-28,30,32,34-36,39-41,43,72H,4-6,8,11,13-15,17,20,22,24,29,31,33,37-38,42,44-71H2,1-3H3/b10-7-,12-9-,19-16-,21-18-,26-23-,28-25-,30-27-,35-32-,36-34-,41-39-,43-40-. The van der Waals surface area contributed by atoms with E-state index in [9.17, 15) is 14.4 Å². The molecule has 6 nitrogen and oxygen atoms in total. The second-order valence-electron chi connectivity index (χ2n) is 22.0. The maximum atomic E-state index is 13.0. The Morgan fingerprint density at radius 3 is 0.753 bits per heavy atom. The number of unbranched alkanes of at least 4 members (excludes halogenated alkanes) is 27. The lowest BCUT2D eigenvalue weighted by Gasteiger charge is -2.18. The lowest BCUT2D eigenvalue weighted by Crippen LogP contribution is -2.30. The highest BCUT2D eigenvalue weighted by atomic mass is 16.6. The van der Waals surface area contributed by atoms with E-state index in [0.29, 0.717) is 19.3 Å². The zero-order chi connectivity index (χ0) is 58.5. The van der Waals surface area contributed by atoms with Gasteiger partial charge in [-0.15, -0.1) is 0 Å². The first kappa shape index (κ1) is 76.5. The summed E-state index contributed by atoms with van der Waals surface area (Å²) in [5.74, 6) is -0.915. The predicted octanol–water partition coefficient (Wildman–Crippen LogP) is 23.3. The Morgan fingerprint density at radius 2 is 0.481 bits per heavy atom. The molecular formula is C75H124O6. The Morgan fingerprint density at radius 1 is 0.259 bits per heavy atom. The molecule has 1 atom stereocenters. The molecule has 0 saturated carbocycles. The van der Waals surface area contributed by atoms with Crippen molar-refractivity contribution in [3.8, 4) is 0 Å². The average Bonchev–Trinajstić information content (AvgIpc) is 3.47. The molecule has 0 saturated heterocycles. The van der Waals surface area contributed by atoms with E-state index in [1.807, 2.05) is 0 Å². The molecule has 0 heterocycles. The molecule has 0 amide bonds. The largest absolute Gasteiger partial charge is 0.462 e. The van der Waals surface area contributed by atoms with Gasteiger partial charge in [-0.2, -0.15) is 0 Å². The number of hydrogen-bond donors (Lipinski definition) is 0. The monoisotopic (exact) mass is 1120 g/mol. The first-order valence-corrected chi connectivity index (χ1v) is 33.7. The van der Waals surface area contributed by atoms with Crippen molar-refractivity contribution < 1.29 is 28.6 Å². The highest BCUT2D eigenvalue weighted by Crippen LogP contribution is 2.16. The summed E-state index contributed by atoms with van der Waals surface area (Å²) in [7, 11) is 0. The Kier molecular flexibility index (Phi) is 64.3. The van der Waals surface area contributed by atoms with Gasteiger partial charge in [0, 0.05) is 19.3 Å². The SMILES string of the molecule is CC/C=C\C/C=C\C/C=C\C/C=C\C/C=C\CCCCCCCCCC(=O)OCC(COC(=O)CCCCCCCC/C=C\C/C=C\C/C=C\C/C=C\CC)OC(=O)CCCCCCCCCCC/C=C\C/C=C\CCCCCCC. The van der Waals surface area contributed by atoms with Gasteiger partial charge in [-0.25, -0.2) is 0 Å². The fraction of sp³-hybridized carbons (Fsp3) is 0.667. The van der Waals surface area contributed by atoms with Crippen LogP contribution in [-0.4, -0.2) is 37.2 Å². The van der Waals surface area contributed by atoms with Crippen LogP contribution in [-0.2, 0) is 28.6 Å². The summed E-state index contributed by atoms with van der Waals surface area (Å²) in [6.45, 7) is 6.40. The van der Waals surface area contributed by atoms with E-state index in [0.717, 1.165) is 141 Å². The summed E-state index contributed by atoms with van der Waals surface area (Å²) >= 11 is 0. The molecule has 0 fully saturated rings. The molecule has 460 valence electrons. The average molecular weight is 1120 g/mol. The molecule has 0 aromatic rings. The van der Waals surface area contributed by atoms with Gasteiger partial charge in [-0.1, -0.05) is 283 Å². The van der Waals surface area contributed by atoms with Crippen LogP contribution >= 0.6 is 0 Å². The summed E-state index contributed by atoms with van der Waals surface area (Å²) in [5.41, 5.74) is 0. The van der Waals surface area contributed by atoms with Crippen LogP contribution in [0.15, 0.2) is 134 Å². The van der Waals surface area contributed by atoms with Gasteiger partial charge in [0.1, 0.15) is 13.2 Å².